The highest BCUT2D eigenvalue weighted by atomic mass is 35.5. The standard InChI is InChI=1S/C13H16Cl2N2O2S/c1-20(18,19)7-4-16-3-6-17-5-2-11-12(15)8-10(14)9-13(11)17/h2,5,8-9,16H,3-4,6-7H2,1H3. The fourth-order valence-electron chi connectivity index (χ4n) is 2.00. The molecule has 0 spiro atoms. The summed E-state index contributed by atoms with van der Waals surface area (Å²) in [5.41, 5.74) is 0.979. The van der Waals surface area contributed by atoms with Gasteiger partial charge in [0.25, 0.3) is 0 Å². The van der Waals surface area contributed by atoms with Gasteiger partial charge >= 0.3 is 0 Å². The summed E-state index contributed by atoms with van der Waals surface area (Å²) in [5, 5.41) is 5.31. The van der Waals surface area contributed by atoms with Gasteiger partial charge in [0, 0.05) is 42.5 Å². The van der Waals surface area contributed by atoms with E-state index >= 15 is 0 Å². The van der Waals surface area contributed by atoms with Gasteiger partial charge in [-0.1, -0.05) is 23.2 Å². The lowest BCUT2D eigenvalue weighted by Crippen LogP contribution is -2.25. The number of hydrogen-bond acceptors (Lipinski definition) is 3. The SMILES string of the molecule is CS(=O)(=O)CCNCCn1ccc2c(Cl)cc(Cl)cc21. The number of benzene rings is 1. The van der Waals surface area contributed by atoms with Crippen LogP contribution in [0.4, 0.5) is 0 Å². The molecule has 0 unspecified atom stereocenters. The van der Waals surface area contributed by atoms with Gasteiger partial charge in [0.05, 0.1) is 16.3 Å². The quantitative estimate of drug-likeness (QED) is 0.826. The van der Waals surface area contributed by atoms with Gasteiger partial charge in [0.2, 0.25) is 0 Å². The normalized spacial score (nSPS) is 12.2. The zero-order valence-electron chi connectivity index (χ0n) is 11.1. The van der Waals surface area contributed by atoms with Crippen molar-refractivity contribution in [2.45, 2.75) is 6.54 Å². The fraction of sp³-hybridized carbons (Fsp3) is 0.385. The summed E-state index contributed by atoms with van der Waals surface area (Å²) in [5.74, 6) is 0.150. The van der Waals surface area contributed by atoms with Crippen LogP contribution in [0.5, 0.6) is 0 Å². The summed E-state index contributed by atoms with van der Waals surface area (Å²) in [6, 6.07) is 5.55. The Morgan fingerprint density at radius 2 is 2.00 bits per heavy atom. The van der Waals surface area contributed by atoms with Crippen LogP contribution < -0.4 is 5.32 Å². The highest BCUT2D eigenvalue weighted by Crippen LogP contribution is 2.28. The molecule has 0 aliphatic carbocycles. The number of nitrogens with zero attached hydrogens (tertiary/aromatic N) is 1. The third-order valence-electron chi connectivity index (χ3n) is 2.98. The molecule has 0 radical (unpaired) electrons. The maximum Gasteiger partial charge on any atom is 0.148 e. The number of halogens is 2. The Bertz CT molecular complexity index is 710. The summed E-state index contributed by atoms with van der Waals surface area (Å²) in [6.07, 6.45) is 3.18. The minimum absolute atomic E-state index is 0.150. The molecule has 0 aliphatic rings. The third kappa shape index (κ3) is 4.12. The number of fused-ring (bicyclic) bond motifs is 1. The lowest BCUT2D eigenvalue weighted by molar-refractivity contribution is 0.589. The maximum absolute atomic E-state index is 11.0. The van der Waals surface area contributed by atoms with E-state index in [-0.39, 0.29) is 5.75 Å². The van der Waals surface area contributed by atoms with Crippen LogP contribution in [0, 0.1) is 0 Å². The smallest absolute Gasteiger partial charge is 0.148 e. The Kier molecular flexibility index (Phi) is 4.96. The van der Waals surface area contributed by atoms with Crippen molar-refractivity contribution in [3.05, 3.63) is 34.4 Å². The van der Waals surface area contributed by atoms with Crippen molar-refractivity contribution >= 4 is 43.9 Å². The molecule has 20 heavy (non-hydrogen) atoms. The van der Waals surface area contributed by atoms with Crippen LogP contribution in [0.3, 0.4) is 0 Å². The number of sulfone groups is 1. The third-order valence-corrected chi connectivity index (χ3v) is 4.46. The highest BCUT2D eigenvalue weighted by molar-refractivity contribution is 7.90. The zero-order chi connectivity index (χ0) is 14.8. The van der Waals surface area contributed by atoms with Crippen molar-refractivity contribution in [1.29, 1.82) is 0 Å². The molecule has 1 heterocycles. The first-order valence-electron chi connectivity index (χ1n) is 6.19. The first kappa shape index (κ1) is 15.6. The van der Waals surface area contributed by atoms with E-state index < -0.39 is 9.84 Å². The van der Waals surface area contributed by atoms with Gasteiger partial charge in [-0.25, -0.2) is 8.42 Å². The van der Waals surface area contributed by atoms with E-state index in [4.69, 9.17) is 23.2 Å². The van der Waals surface area contributed by atoms with Crippen molar-refractivity contribution in [2.75, 3.05) is 25.1 Å². The highest BCUT2D eigenvalue weighted by Gasteiger charge is 2.06. The predicted molar refractivity (Wildman–Crippen MR) is 84.5 cm³/mol. The molecule has 110 valence electrons. The van der Waals surface area contributed by atoms with E-state index in [1.807, 2.05) is 22.9 Å². The van der Waals surface area contributed by atoms with Crippen LogP contribution in [0.1, 0.15) is 0 Å². The fourth-order valence-corrected chi connectivity index (χ4v) is 3.06. The molecule has 2 aromatic rings. The molecule has 0 saturated heterocycles. The molecule has 1 aromatic carbocycles. The van der Waals surface area contributed by atoms with Crippen molar-refractivity contribution < 1.29 is 8.42 Å². The Hall–Kier alpha value is -0.750. The summed E-state index contributed by atoms with van der Waals surface area (Å²) < 4.78 is 24.0. The van der Waals surface area contributed by atoms with E-state index in [9.17, 15) is 8.42 Å². The molecule has 4 nitrogen and oxygen atoms in total. The second-order valence-electron chi connectivity index (χ2n) is 4.71. The molecule has 0 bridgehead atoms. The van der Waals surface area contributed by atoms with E-state index in [0.29, 0.717) is 23.1 Å². The van der Waals surface area contributed by atoms with E-state index in [2.05, 4.69) is 5.32 Å². The second-order valence-corrected chi connectivity index (χ2v) is 7.81. The Morgan fingerprint density at radius 3 is 2.70 bits per heavy atom. The lowest BCUT2D eigenvalue weighted by Gasteiger charge is -2.07. The molecule has 1 aromatic heterocycles. The van der Waals surface area contributed by atoms with Crippen molar-refractivity contribution in [2.24, 2.45) is 0 Å². The minimum atomic E-state index is -2.91. The topological polar surface area (TPSA) is 51.1 Å². The summed E-state index contributed by atoms with van der Waals surface area (Å²) in [4.78, 5) is 0. The first-order valence-corrected chi connectivity index (χ1v) is 9.01. The van der Waals surface area contributed by atoms with Crippen molar-refractivity contribution in [1.82, 2.24) is 9.88 Å². The lowest BCUT2D eigenvalue weighted by atomic mass is 10.2. The molecule has 0 atom stereocenters. The first-order chi connectivity index (χ1) is 9.37. The molecule has 0 amide bonds. The van der Waals surface area contributed by atoms with Crippen LogP contribution in [-0.4, -0.2) is 38.1 Å². The maximum atomic E-state index is 11.0. The summed E-state index contributed by atoms with van der Waals surface area (Å²) in [6.45, 7) is 1.87. The van der Waals surface area contributed by atoms with E-state index in [1.165, 1.54) is 6.26 Å². The Labute approximate surface area is 128 Å². The second kappa shape index (κ2) is 6.35. The largest absolute Gasteiger partial charge is 0.346 e. The van der Waals surface area contributed by atoms with Gasteiger partial charge in [-0.15, -0.1) is 0 Å². The molecule has 1 N–H and O–H groups in total. The number of hydrogen-bond donors (Lipinski definition) is 1. The number of nitrogens with one attached hydrogen (secondary N) is 1. The molecular formula is C13H16Cl2N2O2S. The van der Waals surface area contributed by atoms with Crippen LogP contribution in [0.15, 0.2) is 24.4 Å². The number of aromatic nitrogens is 1. The molecule has 2 rings (SSSR count). The van der Waals surface area contributed by atoms with Crippen LogP contribution in [0.25, 0.3) is 10.9 Å². The molecule has 0 saturated carbocycles. The van der Waals surface area contributed by atoms with Gasteiger partial charge in [-0.2, -0.15) is 0 Å². The van der Waals surface area contributed by atoms with Gasteiger partial charge in [0.15, 0.2) is 0 Å². The molecule has 7 heteroatoms. The van der Waals surface area contributed by atoms with Gasteiger partial charge in [-0.3, -0.25) is 0 Å². The average molecular weight is 335 g/mol. The predicted octanol–water partition coefficient (Wildman–Crippen LogP) is 2.58. The zero-order valence-corrected chi connectivity index (χ0v) is 13.4. The number of rotatable bonds is 6. The minimum Gasteiger partial charge on any atom is -0.346 e. The van der Waals surface area contributed by atoms with Crippen LogP contribution in [-0.2, 0) is 16.4 Å². The van der Waals surface area contributed by atoms with Gasteiger partial charge < -0.3 is 9.88 Å². The molecule has 0 fully saturated rings. The molecular weight excluding hydrogens is 319 g/mol. The van der Waals surface area contributed by atoms with E-state index in [1.54, 1.807) is 6.07 Å². The summed E-state index contributed by atoms with van der Waals surface area (Å²) in [7, 11) is -2.91. The van der Waals surface area contributed by atoms with Crippen LogP contribution >= 0.6 is 23.2 Å². The van der Waals surface area contributed by atoms with Crippen LogP contribution in [0.2, 0.25) is 10.0 Å². The van der Waals surface area contributed by atoms with Gasteiger partial charge in [-0.05, 0) is 18.2 Å². The Morgan fingerprint density at radius 1 is 1.25 bits per heavy atom. The monoisotopic (exact) mass is 334 g/mol. The summed E-state index contributed by atoms with van der Waals surface area (Å²) >= 11 is 12.1. The average Bonchev–Trinajstić information content (AvgIpc) is 2.70. The van der Waals surface area contributed by atoms with E-state index in [0.717, 1.165) is 17.4 Å². The van der Waals surface area contributed by atoms with Crippen molar-refractivity contribution in [3.63, 3.8) is 0 Å². The molecule has 0 aliphatic heterocycles. The van der Waals surface area contributed by atoms with Gasteiger partial charge in [0.1, 0.15) is 9.84 Å². The Balaban J connectivity index is 1.97. The van der Waals surface area contributed by atoms with Crippen molar-refractivity contribution in [3.8, 4) is 0 Å².